The molecule has 0 unspecified atom stereocenters. The standard InChI is InChI=1S/C18H15FN2O4/c19-14-3-7-16(8-4-14)24-11-12-25-18(23)13-1-5-15(6-2-13)21-17(22)9-10-20/h1-8H,9,11-12H2,(H,21,22). The Labute approximate surface area is 143 Å². The molecule has 0 spiro atoms. The summed E-state index contributed by atoms with van der Waals surface area (Å²) in [6.45, 7) is 0.177. The van der Waals surface area contributed by atoms with Gasteiger partial charge in [-0.05, 0) is 48.5 Å². The van der Waals surface area contributed by atoms with Crippen LogP contribution in [0, 0.1) is 17.1 Å². The number of amides is 1. The monoisotopic (exact) mass is 342 g/mol. The molecule has 2 rings (SSSR count). The molecule has 2 aromatic rings. The molecular weight excluding hydrogens is 327 g/mol. The molecule has 0 bridgehead atoms. The van der Waals surface area contributed by atoms with Crippen molar-refractivity contribution >= 4 is 17.6 Å². The minimum absolute atomic E-state index is 0.0386. The van der Waals surface area contributed by atoms with Crippen LogP contribution < -0.4 is 10.1 Å². The first-order valence-electron chi connectivity index (χ1n) is 7.41. The second kappa shape index (κ2) is 9.03. The van der Waals surface area contributed by atoms with Gasteiger partial charge >= 0.3 is 5.97 Å². The normalized spacial score (nSPS) is 9.76. The van der Waals surface area contributed by atoms with Crippen molar-refractivity contribution in [2.75, 3.05) is 18.5 Å². The van der Waals surface area contributed by atoms with Crippen molar-refractivity contribution in [2.24, 2.45) is 0 Å². The van der Waals surface area contributed by atoms with Gasteiger partial charge in [0.05, 0.1) is 11.6 Å². The van der Waals surface area contributed by atoms with Crippen LogP contribution in [0.5, 0.6) is 5.75 Å². The summed E-state index contributed by atoms with van der Waals surface area (Å²) in [7, 11) is 0. The summed E-state index contributed by atoms with van der Waals surface area (Å²) in [6, 6.07) is 13.4. The molecule has 2 aromatic carbocycles. The van der Waals surface area contributed by atoms with E-state index >= 15 is 0 Å². The van der Waals surface area contributed by atoms with Gasteiger partial charge in [-0.25, -0.2) is 9.18 Å². The van der Waals surface area contributed by atoms with Gasteiger partial charge in [-0.3, -0.25) is 4.79 Å². The summed E-state index contributed by atoms with van der Waals surface area (Å²) in [4.78, 5) is 23.2. The lowest BCUT2D eigenvalue weighted by Crippen LogP contribution is -2.13. The van der Waals surface area contributed by atoms with Crippen LogP contribution in [0.1, 0.15) is 16.8 Å². The number of rotatable bonds is 7. The number of anilines is 1. The van der Waals surface area contributed by atoms with E-state index in [0.29, 0.717) is 17.0 Å². The summed E-state index contributed by atoms with van der Waals surface area (Å²) >= 11 is 0. The van der Waals surface area contributed by atoms with Gasteiger partial charge in [0.15, 0.2) is 0 Å². The van der Waals surface area contributed by atoms with E-state index in [-0.39, 0.29) is 25.5 Å². The predicted octanol–water partition coefficient (Wildman–Crippen LogP) is 2.91. The van der Waals surface area contributed by atoms with Crippen LogP contribution in [0.15, 0.2) is 48.5 Å². The molecule has 1 amide bonds. The number of nitrogens with one attached hydrogen (secondary N) is 1. The average molecular weight is 342 g/mol. The fourth-order valence-electron chi connectivity index (χ4n) is 1.87. The lowest BCUT2D eigenvalue weighted by Gasteiger charge is -2.08. The van der Waals surface area contributed by atoms with E-state index in [1.54, 1.807) is 18.2 Å². The van der Waals surface area contributed by atoms with Gasteiger partial charge in [0.2, 0.25) is 5.91 Å². The molecule has 0 saturated carbocycles. The third-order valence-electron chi connectivity index (χ3n) is 3.04. The number of carbonyl (C=O) groups excluding carboxylic acids is 2. The second-order valence-corrected chi connectivity index (χ2v) is 4.90. The average Bonchev–Trinajstić information content (AvgIpc) is 2.61. The van der Waals surface area contributed by atoms with Crippen LogP contribution in [-0.4, -0.2) is 25.1 Å². The first kappa shape index (κ1) is 17.9. The molecule has 0 aliphatic heterocycles. The summed E-state index contributed by atoms with van der Waals surface area (Å²) in [5.74, 6) is -0.825. The molecule has 0 atom stereocenters. The first-order valence-corrected chi connectivity index (χ1v) is 7.41. The van der Waals surface area contributed by atoms with Crippen molar-refractivity contribution in [3.8, 4) is 11.8 Å². The Hall–Kier alpha value is -3.40. The molecule has 0 radical (unpaired) electrons. The highest BCUT2D eigenvalue weighted by atomic mass is 19.1. The Balaban J connectivity index is 1.76. The van der Waals surface area contributed by atoms with E-state index in [2.05, 4.69) is 5.32 Å². The molecule has 0 aliphatic rings. The molecular formula is C18H15FN2O4. The van der Waals surface area contributed by atoms with Crippen molar-refractivity contribution < 1.29 is 23.5 Å². The van der Waals surface area contributed by atoms with Crippen molar-refractivity contribution in [2.45, 2.75) is 6.42 Å². The van der Waals surface area contributed by atoms with Crippen LogP contribution in [-0.2, 0) is 9.53 Å². The number of halogens is 1. The number of nitrogens with zero attached hydrogens (tertiary/aromatic N) is 1. The SMILES string of the molecule is N#CCC(=O)Nc1ccc(C(=O)OCCOc2ccc(F)cc2)cc1. The van der Waals surface area contributed by atoms with E-state index in [0.717, 1.165) is 0 Å². The molecule has 0 heterocycles. The van der Waals surface area contributed by atoms with E-state index in [4.69, 9.17) is 14.7 Å². The number of esters is 1. The van der Waals surface area contributed by atoms with Crippen LogP contribution in [0.25, 0.3) is 0 Å². The number of hydrogen-bond acceptors (Lipinski definition) is 5. The molecule has 1 N–H and O–H groups in total. The van der Waals surface area contributed by atoms with E-state index in [1.165, 1.54) is 36.4 Å². The highest BCUT2D eigenvalue weighted by Crippen LogP contribution is 2.12. The van der Waals surface area contributed by atoms with Gasteiger partial charge in [0.1, 0.15) is 31.2 Å². The molecule has 6 nitrogen and oxygen atoms in total. The maximum absolute atomic E-state index is 12.7. The summed E-state index contributed by atoms with van der Waals surface area (Å²) in [5, 5.41) is 10.9. The van der Waals surface area contributed by atoms with Crippen molar-refractivity contribution in [3.05, 3.63) is 59.9 Å². The third kappa shape index (κ3) is 5.95. The third-order valence-corrected chi connectivity index (χ3v) is 3.04. The fraction of sp³-hybridized carbons (Fsp3) is 0.167. The highest BCUT2D eigenvalue weighted by molar-refractivity contribution is 5.93. The molecule has 7 heteroatoms. The lowest BCUT2D eigenvalue weighted by molar-refractivity contribution is -0.115. The summed E-state index contributed by atoms with van der Waals surface area (Å²) in [5.41, 5.74) is 0.802. The quantitative estimate of drug-likeness (QED) is 0.617. The molecule has 25 heavy (non-hydrogen) atoms. The van der Waals surface area contributed by atoms with Crippen LogP contribution in [0.2, 0.25) is 0 Å². The van der Waals surface area contributed by atoms with Gasteiger partial charge in [0, 0.05) is 5.69 Å². The molecule has 0 fully saturated rings. The molecule has 128 valence electrons. The zero-order valence-corrected chi connectivity index (χ0v) is 13.2. The van der Waals surface area contributed by atoms with Crippen LogP contribution >= 0.6 is 0 Å². The second-order valence-electron chi connectivity index (χ2n) is 4.90. The topological polar surface area (TPSA) is 88.4 Å². The Bertz CT molecular complexity index is 767. The zero-order valence-electron chi connectivity index (χ0n) is 13.2. The Morgan fingerprint density at radius 1 is 1.04 bits per heavy atom. The van der Waals surface area contributed by atoms with E-state index in [9.17, 15) is 14.0 Å². The van der Waals surface area contributed by atoms with Crippen molar-refractivity contribution in [3.63, 3.8) is 0 Å². The summed E-state index contributed by atoms with van der Waals surface area (Å²) < 4.78 is 23.1. The molecule has 0 aromatic heterocycles. The Kier molecular flexibility index (Phi) is 6.48. The predicted molar refractivity (Wildman–Crippen MR) is 87.5 cm³/mol. The largest absolute Gasteiger partial charge is 0.490 e. The van der Waals surface area contributed by atoms with Gasteiger partial charge in [0.25, 0.3) is 0 Å². The maximum atomic E-state index is 12.7. The minimum Gasteiger partial charge on any atom is -0.490 e. The van der Waals surface area contributed by atoms with E-state index in [1.807, 2.05) is 0 Å². The summed E-state index contributed by atoms with van der Waals surface area (Å²) in [6.07, 6.45) is -0.238. The van der Waals surface area contributed by atoms with Gasteiger partial charge in [-0.1, -0.05) is 0 Å². The van der Waals surface area contributed by atoms with E-state index < -0.39 is 11.9 Å². The number of hydrogen-bond donors (Lipinski definition) is 1. The van der Waals surface area contributed by atoms with Crippen LogP contribution in [0.4, 0.5) is 10.1 Å². The minimum atomic E-state index is -0.530. The van der Waals surface area contributed by atoms with Gasteiger partial charge < -0.3 is 14.8 Å². The Morgan fingerprint density at radius 3 is 2.36 bits per heavy atom. The van der Waals surface area contributed by atoms with Crippen molar-refractivity contribution in [1.29, 1.82) is 5.26 Å². The smallest absolute Gasteiger partial charge is 0.338 e. The lowest BCUT2D eigenvalue weighted by atomic mass is 10.2. The Morgan fingerprint density at radius 2 is 1.72 bits per heavy atom. The van der Waals surface area contributed by atoms with Gasteiger partial charge in [-0.2, -0.15) is 5.26 Å². The number of benzene rings is 2. The first-order chi connectivity index (χ1) is 12.1. The number of nitriles is 1. The number of ether oxygens (including phenoxy) is 2. The van der Waals surface area contributed by atoms with Crippen molar-refractivity contribution in [1.82, 2.24) is 0 Å². The van der Waals surface area contributed by atoms with Crippen LogP contribution in [0.3, 0.4) is 0 Å². The zero-order chi connectivity index (χ0) is 18.1. The van der Waals surface area contributed by atoms with Gasteiger partial charge in [-0.15, -0.1) is 0 Å². The fourth-order valence-corrected chi connectivity index (χ4v) is 1.87. The molecule has 0 saturated heterocycles. The number of carbonyl (C=O) groups is 2. The highest BCUT2D eigenvalue weighted by Gasteiger charge is 2.08. The maximum Gasteiger partial charge on any atom is 0.338 e. The molecule has 0 aliphatic carbocycles.